The fraction of sp³-hybridized carbons (Fsp3) is 0.615. The number of rotatable bonds is 4. The van der Waals surface area contributed by atoms with Gasteiger partial charge in [0.25, 0.3) is 0 Å². The molecule has 0 spiro atoms. The lowest BCUT2D eigenvalue weighted by Crippen LogP contribution is -2.58. The van der Waals surface area contributed by atoms with Crippen LogP contribution in [0.2, 0.25) is 0 Å². The Labute approximate surface area is 127 Å². The zero-order chi connectivity index (χ0) is 16.7. The highest BCUT2D eigenvalue weighted by Crippen LogP contribution is 2.21. The molecule has 0 radical (unpaired) electrons. The van der Waals surface area contributed by atoms with Crippen LogP contribution in [0.3, 0.4) is 0 Å². The van der Waals surface area contributed by atoms with E-state index in [4.69, 9.17) is 4.74 Å². The van der Waals surface area contributed by atoms with Crippen LogP contribution in [0.15, 0.2) is 11.6 Å². The van der Waals surface area contributed by atoms with Gasteiger partial charge in [0.2, 0.25) is 0 Å². The number of carbonyl (C=O) groups is 3. The number of nitrogens with one attached hydrogen (secondary N) is 2. The Morgan fingerprint density at radius 3 is 2.36 bits per heavy atom. The third kappa shape index (κ3) is 4.62. The Morgan fingerprint density at radius 1 is 1.23 bits per heavy atom. The highest BCUT2D eigenvalue weighted by Gasteiger charge is 2.37. The first-order valence-electron chi connectivity index (χ1n) is 6.67. The molecule has 0 aromatic rings. The Kier molecular flexibility index (Phi) is 6.64. The molecule has 0 saturated heterocycles. The maximum Gasteiger partial charge on any atom is 0.407 e. The third-order valence-corrected chi connectivity index (χ3v) is 3.11. The highest BCUT2D eigenvalue weighted by atomic mass is 16.5. The zero-order valence-corrected chi connectivity index (χ0v) is 12.6. The minimum Gasteiger partial charge on any atom is -0.463 e. The van der Waals surface area contributed by atoms with Crippen LogP contribution >= 0.6 is 0 Å². The van der Waals surface area contributed by atoms with Crippen molar-refractivity contribution in [3.63, 3.8) is 0 Å². The SMILES string of the molecule is CCOC(=O)C1=C[C@@H](O)[C@H](NC(=O)OC)[C@@H](NC(=O)OC)C1. The second-order valence-corrected chi connectivity index (χ2v) is 4.51. The second-order valence-electron chi connectivity index (χ2n) is 4.51. The first-order chi connectivity index (χ1) is 10.4. The summed E-state index contributed by atoms with van der Waals surface area (Å²) in [7, 11) is 2.35. The van der Waals surface area contributed by atoms with Crippen LogP contribution < -0.4 is 10.6 Å². The van der Waals surface area contributed by atoms with Gasteiger partial charge in [0.1, 0.15) is 0 Å². The third-order valence-electron chi connectivity index (χ3n) is 3.11. The van der Waals surface area contributed by atoms with Crippen molar-refractivity contribution in [1.82, 2.24) is 10.6 Å². The summed E-state index contributed by atoms with van der Waals surface area (Å²) in [4.78, 5) is 34.5. The number of methoxy groups -OCH3 is 2. The molecule has 0 aliphatic heterocycles. The lowest BCUT2D eigenvalue weighted by molar-refractivity contribution is -0.139. The number of aliphatic hydroxyl groups is 1. The van der Waals surface area contributed by atoms with Gasteiger partial charge in [-0.2, -0.15) is 0 Å². The van der Waals surface area contributed by atoms with E-state index >= 15 is 0 Å². The Bertz CT molecular complexity index is 463. The molecule has 3 N–H and O–H groups in total. The molecule has 0 fully saturated rings. The van der Waals surface area contributed by atoms with Gasteiger partial charge in [-0.15, -0.1) is 0 Å². The largest absolute Gasteiger partial charge is 0.463 e. The molecular weight excluding hydrogens is 296 g/mol. The summed E-state index contributed by atoms with van der Waals surface area (Å²) in [6, 6.07) is -1.63. The predicted molar refractivity (Wildman–Crippen MR) is 74.0 cm³/mol. The predicted octanol–water partition coefficient (Wildman–Crippen LogP) is -0.310. The number of esters is 1. The van der Waals surface area contributed by atoms with Crippen LogP contribution in [-0.4, -0.2) is 62.3 Å². The molecule has 1 rings (SSSR count). The smallest absolute Gasteiger partial charge is 0.407 e. The van der Waals surface area contributed by atoms with Gasteiger partial charge in [0, 0.05) is 12.0 Å². The summed E-state index contributed by atoms with van der Waals surface area (Å²) >= 11 is 0. The normalized spacial score (nSPS) is 23.8. The topological polar surface area (TPSA) is 123 Å². The standard InChI is InChI=1S/C13H20N2O7/c1-4-22-11(17)7-5-8(14-12(18)20-2)10(9(16)6-7)15-13(19)21-3/h6,8-10,16H,4-5H2,1-3H3,(H,14,18)(H,15,19)/t8-,9+,10+/m0/s1. The van der Waals surface area contributed by atoms with Crippen LogP contribution in [0.4, 0.5) is 9.59 Å². The highest BCUT2D eigenvalue weighted by molar-refractivity contribution is 5.89. The second kappa shape index (κ2) is 8.23. The molecule has 0 unspecified atom stereocenters. The van der Waals surface area contributed by atoms with E-state index in [-0.39, 0.29) is 18.6 Å². The molecule has 22 heavy (non-hydrogen) atoms. The van der Waals surface area contributed by atoms with Gasteiger partial charge in [-0.25, -0.2) is 14.4 Å². The minimum absolute atomic E-state index is 0.0691. The summed E-state index contributed by atoms with van der Waals surface area (Å²) in [6.45, 7) is 1.84. The molecule has 0 aromatic heterocycles. The van der Waals surface area contributed by atoms with Crippen molar-refractivity contribution in [2.45, 2.75) is 31.5 Å². The van der Waals surface area contributed by atoms with Crippen LogP contribution in [0.1, 0.15) is 13.3 Å². The van der Waals surface area contributed by atoms with Crippen LogP contribution in [0.25, 0.3) is 0 Å². The van der Waals surface area contributed by atoms with Gasteiger partial charge in [0.05, 0.1) is 39.0 Å². The minimum atomic E-state index is -1.20. The maximum atomic E-state index is 11.8. The van der Waals surface area contributed by atoms with Gasteiger partial charge in [-0.05, 0) is 13.0 Å². The maximum absolute atomic E-state index is 11.8. The molecular formula is C13H20N2O7. The van der Waals surface area contributed by atoms with Crippen molar-refractivity contribution in [3.8, 4) is 0 Å². The van der Waals surface area contributed by atoms with Gasteiger partial charge < -0.3 is 30.0 Å². The molecule has 0 aromatic carbocycles. The van der Waals surface area contributed by atoms with Crippen molar-refractivity contribution >= 4 is 18.2 Å². The molecule has 9 nitrogen and oxygen atoms in total. The van der Waals surface area contributed by atoms with E-state index in [1.807, 2.05) is 0 Å². The van der Waals surface area contributed by atoms with E-state index in [9.17, 15) is 19.5 Å². The van der Waals surface area contributed by atoms with Crippen LogP contribution in [0, 0.1) is 0 Å². The molecule has 0 saturated carbocycles. The summed E-state index contributed by atoms with van der Waals surface area (Å²) in [5.74, 6) is -0.588. The number of alkyl carbamates (subject to hydrolysis) is 2. The lowest BCUT2D eigenvalue weighted by Gasteiger charge is -2.34. The Hall–Kier alpha value is -2.29. The van der Waals surface area contributed by atoms with Crippen molar-refractivity contribution in [2.75, 3.05) is 20.8 Å². The number of hydrogen-bond acceptors (Lipinski definition) is 7. The number of hydrogen-bond donors (Lipinski definition) is 3. The van der Waals surface area contributed by atoms with E-state index in [2.05, 4.69) is 20.1 Å². The molecule has 2 amide bonds. The summed E-state index contributed by atoms with van der Waals surface area (Å²) in [6.07, 6.45) is -1.37. The molecule has 3 atom stereocenters. The van der Waals surface area contributed by atoms with Gasteiger partial charge >= 0.3 is 18.2 Å². The summed E-state index contributed by atoms with van der Waals surface area (Å²) in [5.41, 5.74) is 0.207. The van der Waals surface area contributed by atoms with E-state index in [0.717, 1.165) is 0 Å². The van der Waals surface area contributed by atoms with Gasteiger partial charge in [-0.3, -0.25) is 0 Å². The lowest BCUT2D eigenvalue weighted by atomic mass is 9.88. The Morgan fingerprint density at radius 2 is 1.82 bits per heavy atom. The number of aliphatic hydroxyl groups excluding tert-OH is 1. The van der Waals surface area contributed by atoms with E-state index in [1.165, 1.54) is 20.3 Å². The van der Waals surface area contributed by atoms with Crippen molar-refractivity contribution in [3.05, 3.63) is 11.6 Å². The fourth-order valence-corrected chi connectivity index (χ4v) is 2.09. The number of amides is 2. The first-order valence-corrected chi connectivity index (χ1v) is 6.67. The van der Waals surface area contributed by atoms with Gasteiger partial charge in [0.15, 0.2) is 0 Å². The molecule has 0 bridgehead atoms. The number of carbonyl (C=O) groups excluding carboxylic acids is 3. The zero-order valence-electron chi connectivity index (χ0n) is 12.6. The van der Waals surface area contributed by atoms with Crippen molar-refractivity contribution < 1.29 is 33.7 Å². The molecule has 1 aliphatic rings. The van der Waals surface area contributed by atoms with E-state index in [1.54, 1.807) is 6.92 Å². The van der Waals surface area contributed by atoms with Crippen LogP contribution in [-0.2, 0) is 19.0 Å². The van der Waals surface area contributed by atoms with E-state index in [0.29, 0.717) is 0 Å². The van der Waals surface area contributed by atoms with Crippen molar-refractivity contribution in [2.24, 2.45) is 0 Å². The van der Waals surface area contributed by atoms with E-state index < -0.39 is 36.3 Å². The summed E-state index contributed by atoms with van der Waals surface area (Å²) < 4.78 is 13.8. The summed E-state index contributed by atoms with van der Waals surface area (Å²) in [5, 5.41) is 15.0. The average molecular weight is 316 g/mol. The Balaban J connectivity index is 2.94. The quantitative estimate of drug-likeness (QED) is 0.480. The number of ether oxygens (including phenoxy) is 3. The molecule has 1 aliphatic carbocycles. The first kappa shape index (κ1) is 17.8. The molecule has 124 valence electrons. The average Bonchev–Trinajstić information content (AvgIpc) is 2.49. The molecule has 0 heterocycles. The molecule has 9 heteroatoms. The monoisotopic (exact) mass is 316 g/mol. The fourth-order valence-electron chi connectivity index (χ4n) is 2.09. The van der Waals surface area contributed by atoms with Crippen molar-refractivity contribution in [1.29, 1.82) is 0 Å². The van der Waals surface area contributed by atoms with Gasteiger partial charge in [-0.1, -0.05) is 0 Å². The van der Waals surface area contributed by atoms with Crippen LogP contribution in [0.5, 0.6) is 0 Å².